The van der Waals surface area contributed by atoms with Gasteiger partial charge >= 0.3 is 0 Å². The summed E-state index contributed by atoms with van der Waals surface area (Å²) < 4.78 is 10.9. The van der Waals surface area contributed by atoms with Crippen LogP contribution in [0.15, 0.2) is 65.3 Å². The molecule has 2 aromatic heterocycles. The Morgan fingerprint density at radius 2 is 2.03 bits per heavy atom. The molecular weight excluding hydrogens is 364 g/mol. The van der Waals surface area contributed by atoms with Crippen molar-refractivity contribution in [2.24, 2.45) is 0 Å². The molecule has 0 radical (unpaired) electrons. The molecule has 0 amide bonds. The van der Waals surface area contributed by atoms with E-state index in [-0.39, 0.29) is 5.92 Å². The molecule has 0 bridgehead atoms. The van der Waals surface area contributed by atoms with Crippen LogP contribution in [0.3, 0.4) is 0 Å². The largest absolute Gasteiger partial charge is 0.497 e. The van der Waals surface area contributed by atoms with E-state index in [0.717, 1.165) is 42.9 Å². The van der Waals surface area contributed by atoms with E-state index in [1.807, 2.05) is 36.5 Å². The van der Waals surface area contributed by atoms with Gasteiger partial charge in [-0.25, -0.2) is 0 Å². The summed E-state index contributed by atoms with van der Waals surface area (Å²) in [5.41, 5.74) is 3.24. The van der Waals surface area contributed by atoms with Gasteiger partial charge in [0.1, 0.15) is 5.75 Å². The highest BCUT2D eigenvalue weighted by molar-refractivity contribution is 5.81. The Hall–Kier alpha value is -3.25. The molecule has 0 aliphatic carbocycles. The number of hydrogen-bond donors (Lipinski definition) is 0. The average Bonchev–Trinajstić information content (AvgIpc) is 3.44. The van der Waals surface area contributed by atoms with Crippen LogP contribution in [0.2, 0.25) is 0 Å². The second-order valence-electron chi connectivity index (χ2n) is 7.40. The predicted molar refractivity (Wildman–Crippen MR) is 111 cm³/mol. The van der Waals surface area contributed by atoms with Crippen molar-refractivity contribution in [3.05, 3.63) is 72.2 Å². The van der Waals surface area contributed by atoms with Gasteiger partial charge in [-0.05, 0) is 36.7 Å². The minimum Gasteiger partial charge on any atom is -0.497 e. The highest BCUT2D eigenvalue weighted by atomic mass is 16.5. The molecule has 3 heterocycles. The molecular formula is C23H22N4O2. The molecule has 2 aromatic carbocycles. The summed E-state index contributed by atoms with van der Waals surface area (Å²) in [6.45, 7) is 2.79. The minimum absolute atomic E-state index is 0.254. The van der Waals surface area contributed by atoms with E-state index in [1.54, 1.807) is 7.11 Å². The first-order chi connectivity index (χ1) is 14.3. The SMILES string of the molecule is COc1cccc(-c2noc([C@H]3CCN(Cc4cccc5cccnc45)C3)n2)c1. The molecule has 0 N–H and O–H groups in total. The topological polar surface area (TPSA) is 64.3 Å². The third-order valence-electron chi connectivity index (χ3n) is 5.50. The summed E-state index contributed by atoms with van der Waals surface area (Å²) in [5.74, 6) is 2.35. The standard InChI is InChI=1S/C23H22N4O2/c1-28-20-9-3-6-17(13-20)22-25-23(29-26-22)19-10-12-27(15-19)14-18-7-2-5-16-8-4-11-24-21(16)18/h2-9,11,13,19H,10,12,14-15H2,1H3/t19-/m0/s1. The number of nitrogens with zero attached hydrogens (tertiary/aromatic N) is 4. The van der Waals surface area contributed by atoms with Gasteiger partial charge in [-0.3, -0.25) is 9.88 Å². The van der Waals surface area contributed by atoms with Gasteiger partial charge in [-0.1, -0.05) is 41.6 Å². The van der Waals surface area contributed by atoms with Crippen LogP contribution in [-0.4, -0.2) is 40.2 Å². The maximum atomic E-state index is 5.60. The Labute approximate surface area is 169 Å². The zero-order valence-electron chi connectivity index (χ0n) is 16.3. The summed E-state index contributed by atoms with van der Waals surface area (Å²) in [7, 11) is 1.65. The summed E-state index contributed by atoms with van der Waals surface area (Å²) in [4.78, 5) is 11.7. The molecule has 1 atom stereocenters. The van der Waals surface area contributed by atoms with E-state index < -0.39 is 0 Å². The van der Waals surface area contributed by atoms with Gasteiger partial charge in [0.2, 0.25) is 11.7 Å². The third kappa shape index (κ3) is 3.59. The van der Waals surface area contributed by atoms with Crippen molar-refractivity contribution in [3.63, 3.8) is 0 Å². The molecule has 0 spiro atoms. The fourth-order valence-corrected chi connectivity index (χ4v) is 3.99. The van der Waals surface area contributed by atoms with Crippen LogP contribution in [-0.2, 0) is 6.54 Å². The molecule has 6 nitrogen and oxygen atoms in total. The first-order valence-electron chi connectivity index (χ1n) is 9.83. The number of likely N-dealkylation sites (tertiary alicyclic amines) is 1. The molecule has 0 saturated carbocycles. The van der Waals surface area contributed by atoms with Crippen LogP contribution >= 0.6 is 0 Å². The van der Waals surface area contributed by atoms with Gasteiger partial charge in [0.25, 0.3) is 0 Å². The zero-order valence-corrected chi connectivity index (χ0v) is 16.3. The molecule has 1 saturated heterocycles. The fraction of sp³-hybridized carbons (Fsp3) is 0.261. The zero-order chi connectivity index (χ0) is 19.6. The molecule has 0 unspecified atom stereocenters. The maximum Gasteiger partial charge on any atom is 0.231 e. The van der Waals surface area contributed by atoms with Crippen LogP contribution in [0.1, 0.15) is 23.8 Å². The normalized spacial score (nSPS) is 17.1. The van der Waals surface area contributed by atoms with Gasteiger partial charge in [0, 0.05) is 30.2 Å². The number of pyridine rings is 1. The average molecular weight is 386 g/mol. The lowest BCUT2D eigenvalue weighted by Gasteiger charge is -2.16. The van der Waals surface area contributed by atoms with Crippen LogP contribution in [0.5, 0.6) is 5.75 Å². The van der Waals surface area contributed by atoms with Crippen molar-refractivity contribution < 1.29 is 9.26 Å². The lowest BCUT2D eigenvalue weighted by Crippen LogP contribution is -2.20. The van der Waals surface area contributed by atoms with Crippen molar-refractivity contribution in [1.29, 1.82) is 0 Å². The minimum atomic E-state index is 0.254. The number of methoxy groups -OCH3 is 1. The van der Waals surface area contributed by atoms with Crippen LogP contribution < -0.4 is 4.74 Å². The summed E-state index contributed by atoms with van der Waals surface area (Å²) in [5, 5.41) is 5.37. The van der Waals surface area contributed by atoms with E-state index in [9.17, 15) is 0 Å². The summed E-state index contributed by atoms with van der Waals surface area (Å²) in [6, 6.07) is 18.2. The lowest BCUT2D eigenvalue weighted by molar-refractivity contribution is 0.310. The van der Waals surface area contributed by atoms with Gasteiger partial charge in [-0.15, -0.1) is 0 Å². The molecule has 6 heteroatoms. The van der Waals surface area contributed by atoms with Crippen molar-refractivity contribution in [3.8, 4) is 17.1 Å². The maximum absolute atomic E-state index is 5.60. The Bertz CT molecular complexity index is 1140. The van der Waals surface area contributed by atoms with Crippen molar-refractivity contribution in [2.75, 3.05) is 20.2 Å². The third-order valence-corrected chi connectivity index (χ3v) is 5.50. The summed E-state index contributed by atoms with van der Waals surface area (Å²) in [6.07, 6.45) is 2.87. The number of ether oxygens (including phenoxy) is 1. The molecule has 1 fully saturated rings. The highest BCUT2D eigenvalue weighted by Crippen LogP contribution is 2.30. The Kier molecular flexibility index (Phi) is 4.69. The first kappa shape index (κ1) is 17.8. The van der Waals surface area contributed by atoms with E-state index in [4.69, 9.17) is 9.26 Å². The number of aromatic nitrogens is 3. The van der Waals surface area contributed by atoms with Gasteiger partial charge < -0.3 is 9.26 Å². The number of rotatable bonds is 5. The highest BCUT2D eigenvalue weighted by Gasteiger charge is 2.29. The Balaban J connectivity index is 1.30. The molecule has 1 aliphatic heterocycles. The number of benzene rings is 2. The van der Waals surface area contributed by atoms with Crippen molar-refractivity contribution in [1.82, 2.24) is 20.0 Å². The number of fused-ring (bicyclic) bond motifs is 1. The Morgan fingerprint density at radius 1 is 1.14 bits per heavy atom. The van der Waals surface area contributed by atoms with E-state index in [2.05, 4.69) is 44.3 Å². The summed E-state index contributed by atoms with van der Waals surface area (Å²) >= 11 is 0. The first-order valence-corrected chi connectivity index (χ1v) is 9.83. The van der Waals surface area contributed by atoms with Crippen LogP contribution in [0.4, 0.5) is 0 Å². The Morgan fingerprint density at radius 3 is 2.97 bits per heavy atom. The van der Waals surface area contributed by atoms with Gasteiger partial charge in [0.15, 0.2) is 0 Å². The lowest BCUT2D eigenvalue weighted by atomic mass is 10.1. The fourth-order valence-electron chi connectivity index (χ4n) is 3.99. The van der Waals surface area contributed by atoms with Gasteiger partial charge in [-0.2, -0.15) is 4.98 Å². The molecule has 4 aromatic rings. The second-order valence-corrected chi connectivity index (χ2v) is 7.40. The quantitative estimate of drug-likeness (QED) is 0.510. The number of hydrogen-bond acceptors (Lipinski definition) is 6. The predicted octanol–water partition coefficient (Wildman–Crippen LogP) is 4.28. The van der Waals surface area contributed by atoms with E-state index in [1.165, 1.54) is 10.9 Å². The molecule has 1 aliphatic rings. The molecule has 29 heavy (non-hydrogen) atoms. The van der Waals surface area contributed by atoms with Crippen molar-refractivity contribution in [2.45, 2.75) is 18.9 Å². The van der Waals surface area contributed by atoms with Crippen molar-refractivity contribution >= 4 is 10.9 Å². The second kappa shape index (κ2) is 7.64. The molecule has 5 rings (SSSR count). The van der Waals surface area contributed by atoms with Gasteiger partial charge in [0.05, 0.1) is 18.5 Å². The van der Waals surface area contributed by atoms with Crippen LogP contribution in [0.25, 0.3) is 22.3 Å². The monoisotopic (exact) mass is 386 g/mol. The van der Waals surface area contributed by atoms with Crippen LogP contribution in [0, 0.1) is 0 Å². The van der Waals surface area contributed by atoms with E-state index in [0.29, 0.717) is 11.7 Å². The molecule has 146 valence electrons. The smallest absolute Gasteiger partial charge is 0.231 e. The number of para-hydroxylation sites is 1. The van der Waals surface area contributed by atoms with E-state index >= 15 is 0 Å².